The van der Waals surface area contributed by atoms with Crippen LogP contribution >= 0.6 is 0 Å². The maximum absolute atomic E-state index is 13.5. The Balaban J connectivity index is 1.42. The number of piperidine rings is 1. The van der Waals surface area contributed by atoms with Gasteiger partial charge in [0, 0.05) is 13.1 Å². The summed E-state index contributed by atoms with van der Waals surface area (Å²) in [5, 5.41) is 3.21. The highest BCUT2D eigenvalue weighted by Crippen LogP contribution is 2.43. The van der Waals surface area contributed by atoms with E-state index in [1.54, 1.807) is 0 Å². The zero-order valence-corrected chi connectivity index (χ0v) is 15.7. The highest BCUT2D eigenvalue weighted by atomic mass is 16.5. The number of morpholine rings is 1. The second-order valence-electron chi connectivity index (χ2n) is 8.41. The number of amides is 2. The van der Waals surface area contributed by atoms with E-state index in [1.165, 1.54) is 0 Å². The van der Waals surface area contributed by atoms with Crippen molar-refractivity contribution in [2.75, 3.05) is 32.8 Å². The van der Waals surface area contributed by atoms with E-state index >= 15 is 0 Å². The van der Waals surface area contributed by atoms with E-state index in [0.29, 0.717) is 19.5 Å². The molecule has 0 unspecified atom stereocenters. The molecule has 1 aromatic carbocycles. The molecule has 4 saturated heterocycles. The minimum atomic E-state index is -0.532. The zero-order valence-electron chi connectivity index (χ0n) is 15.7. The van der Waals surface area contributed by atoms with Crippen molar-refractivity contribution in [3.63, 3.8) is 0 Å². The van der Waals surface area contributed by atoms with Crippen LogP contribution in [0.4, 0.5) is 0 Å². The summed E-state index contributed by atoms with van der Waals surface area (Å²) in [6.07, 6.45) is 4.67. The van der Waals surface area contributed by atoms with Crippen LogP contribution in [0.25, 0.3) is 0 Å². The molecule has 0 spiro atoms. The first-order valence-corrected chi connectivity index (χ1v) is 10.2. The van der Waals surface area contributed by atoms with E-state index in [-0.39, 0.29) is 30.1 Å². The van der Waals surface area contributed by atoms with Crippen molar-refractivity contribution in [2.45, 2.75) is 49.3 Å². The summed E-state index contributed by atoms with van der Waals surface area (Å²) in [6.45, 7) is 3.36. The Morgan fingerprint density at radius 3 is 2.56 bits per heavy atom. The van der Waals surface area contributed by atoms with Crippen molar-refractivity contribution in [3.05, 3.63) is 35.9 Å². The number of carbonyl (C=O) groups excluding carboxylic acids is 2. The minimum Gasteiger partial charge on any atom is -0.364 e. The van der Waals surface area contributed by atoms with Crippen LogP contribution in [0.2, 0.25) is 0 Å². The lowest BCUT2D eigenvalue weighted by Crippen LogP contribution is -2.68. The molecule has 1 aromatic rings. The van der Waals surface area contributed by atoms with Crippen LogP contribution in [0.3, 0.4) is 0 Å². The second kappa shape index (κ2) is 6.31. The van der Waals surface area contributed by atoms with E-state index in [2.05, 4.69) is 10.2 Å². The molecule has 0 bridgehead atoms. The number of carbonyl (C=O) groups is 2. The van der Waals surface area contributed by atoms with Crippen LogP contribution in [0.15, 0.2) is 30.3 Å². The fraction of sp³-hybridized carbons (Fsp3) is 0.619. The maximum atomic E-state index is 13.5. The van der Waals surface area contributed by atoms with Crippen molar-refractivity contribution in [2.24, 2.45) is 0 Å². The number of hydrogen-bond donors (Lipinski definition) is 1. The Kier molecular flexibility index (Phi) is 4.02. The van der Waals surface area contributed by atoms with Gasteiger partial charge in [0.25, 0.3) is 0 Å². The van der Waals surface area contributed by atoms with Gasteiger partial charge >= 0.3 is 0 Å². The second-order valence-corrected chi connectivity index (χ2v) is 8.41. The van der Waals surface area contributed by atoms with Crippen molar-refractivity contribution < 1.29 is 14.3 Å². The van der Waals surface area contributed by atoms with E-state index < -0.39 is 5.54 Å². The minimum absolute atomic E-state index is 0.0680. The highest BCUT2D eigenvalue weighted by Gasteiger charge is 2.55. The molecular weight excluding hydrogens is 342 g/mol. The van der Waals surface area contributed by atoms with Crippen LogP contribution in [0.1, 0.15) is 37.7 Å². The topological polar surface area (TPSA) is 61.9 Å². The molecule has 27 heavy (non-hydrogen) atoms. The molecule has 4 fully saturated rings. The number of hydrogen-bond acceptors (Lipinski definition) is 4. The molecule has 0 radical (unpaired) electrons. The molecule has 2 atom stereocenters. The highest BCUT2D eigenvalue weighted by molar-refractivity contribution is 5.87. The van der Waals surface area contributed by atoms with E-state index in [9.17, 15) is 9.59 Å². The Hall–Kier alpha value is -1.92. The molecule has 4 heterocycles. The van der Waals surface area contributed by atoms with Crippen LogP contribution < -0.4 is 5.32 Å². The third-order valence-electron chi connectivity index (χ3n) is 7.11. The first-order chi connectivity index (χ1) is 13.1. The molecule has 5 rings (SSSR count). The van der Waals surface area contributed by atoms with Crippen LogP contribution in [0.5, 0.6) is 0 Å². The summed E-state index contributed by atoms with van der Waals surface area (Å²) in [5.41, 5.74) is 0.262. The number of fused-ring (bicyclic) bond motifs is 2. The smallest absolute Gasteiger partial charge is 0.246 e. The fourth-order valence-electron chi connectivity index (χ4n) is 5.79. The van der Waals surface area contributed by atoms with Crippen molar-refractivity contribution in [3.8, 4) is 0 Å². The lowest BCUT2D eigenvalue weighted by atomic mass is 9.77. The predicted octanol–water partition coefficient (Wildman–Crippen LogP) is 1.26. The zero-order chi connectivity index (χ0) is 18.5. The van der Waals surface area contributed by atoms with Gasteiger partial charge in [0.2, 0.25) is 11.8 Å². The Morgan fingerprint density at radius 2 is 1.81 bits per heavy atom. The van der Waals surface area contributed by atoms with Gasteiger partial charge in [-0.2, -0.15) is 0 Å². The first-order valence-electron chi connectivity index (χ1n) is 10.2. The van der Waals surface area contributed by atoms with Crippen LogP contribution in [-0.2, 0) is 19.9 Å². The number of nitrogens with zero attached hydrogens (tertiary/aromatic N) is 2. The summed E-state index contributed by atoms with van der Waals surface area (Å²) in [7, 11) is 0. The number of likely N-dealkylation sites (tertiary alicyclic amines) is 1. The molecule has 0 aromatic heterocycles. The molecule has 144 valence electrons. The van der Waals surface area contributed by atoms with Gasteiger partial charge in [0.1, 0.15) is 18.2 Å². The molecule has 6 heteroatoms. The quantitative estimate of drug-likeness (QED) is 0.853. The van der Waals surface area contributed by atoms with Gasteiger partial charge in [0.05, 0.1) is 5.54 Å². The van der Waals surface area contributed by atoms with E-state index in [4.69, 9.17) is 4.74 Å². The molecule has 4 aliphatic heterocycles. The standard InChI is InChI=1S/C21H27N3O3/c25-18-15-27-17-14-23(19(26)20-8-4-11-24(20)12-5-9-20)13-10-21(17,22-18)16-6-2-1-3-7-16/h1-3,6-7,17H,4-5,8-15H2,(H,22,25)/t17-,21+/m1/s1. The van der Waals surface area contributed by atoms with Gasteiger partial charge < -0.3 is 15.0 Å². The van der Waals surface area contributed by atoms with Gasteiger partial charge in [-0.3, -0.25) is 14.5 Å². The van der Waals surface area contributed by atoms with Gasteiger partial charge in [-0.05, 0) is 50.8 Å². The maximum Gasteiger partial charge on any atom is 0.246 e. The van der Waals surface area contributed by atoms with E-state index in [0.717, 1.165) is 44.3 Å². The normalized spacial score (nSPS) is 32.7. The van der Waals surface area contributed by atoms with Crippen molar-refractivity contribution >= 4 is 11.8 Å². The van der Waals surface area contributed by atoms with Gasteiger partial charge in [-0.1, -0.05) is 30.3 Å². The molecule has 6 nitrogen and oxygen atoms in total. The molecule has 4 aliphatic rings. The number of benzene rings is 1. The van der Waals surface area contributed by atoms with Crippen molar-refractivity contribution in [1.29, 1.82) is 0 Å². The van der Waals surface area contributed by atoms with Crippen LogP contribution in [0, 0.1) is 0 Å². The van der Waals surface area contributed by atoms with E-state index in [1.807, 2.05) is 35.2 Å². The molecular formula is C21H27N3O3. The number of ether oxygens (including phenoxy) is 1. The van der Waals surface area contributed by atoms with Gasteiger partial charge in [-0.15, -0.1) is 0 Å². The summed E-state index contributed by atoms with van der Waals surface area (Å²) < 4.78 is 5.98. The Bertz CT molecular complexity index is 742. The molecule has 2 amide bonds. The summed E-state index contributed by atoms with van der Waals surface area (Å²) >= 11 is 0. The molecule has 0 saturated carbocycles. The summed E-state index contributed by atoms with van der Waals surface area (Å²) in [4.78, 5) is 30.1. The molecule has 1 N–H and O–H groups in total. The number of nitrogens with one attached hydrogen (secondary N) is 1. The summed E-state index contributed by atoms with van der Waals surface area (Å²) in [5.74, 6) is 0.200. The molecule has 0 aliphatic carbocycles. The van der Waals surface area contributed by atoms with Gasteiger partial charge in [0.15, 0.2) is 0 Å². The lowest BCUT2D eigenvalue weighted by Gasteiger charge is -2.51. The average molecular weight is 369 g/mol. The van der Waals surface area contributed by atoms with Gasteiger partial charge in [-0.25, -0.2) is 0 Å². The summed E-state index contributed by atoms with van der Waals surface area (Å²) in [6, 6.07) is 10.1. The average Bonchev–Trinajstić information content (AvgIpc) is 3.29. The third-order valence-corrected chi connectivity index (χ3v) is 7.11. The van der Waals surface area contributed by atoms with Crippen LogP contribution in [-0.4, -0.2) is 66.0 Å². The monoisotopic (exact) mass is 369 g/mol. The SMILES string of the molecule is O=C1CO[C@@H]2CN(C(=O)C34CCCN3CCC4)CC[C@@]2(c2ccccc2)N1. The largest absolute Gasteiger partial charge is 0.364 e. The predicted molar refractivity (Wildman–Crippen MR) is 100.0 cm³/mol. The Labute approximate surface area is 159 Å². The fourth-order valence-corrected chi connectivity index (χ4v) is 5.79. The number of rotatable bonds is 2. The van der Waals surface area contributed by atoms with Crippen molar-refractivity contribution in [1.82, 2.24) is 15.1 Å². The Morgan fingerprint density at radius 1 is 1.07 bits per heavy atom. The lowest BCUT2D eigenvalue weighted by molar-refractivity contribution is -0.161. The first kappa shape index (κ1) is 17.2. The third kappa shape index (κ3) is 2.53.